The van der Waals surface area contributed by atoms with Crippen molar-refractivity contribution in [3.05, 3.63) is 41.7 Å². The van der Waals surface area contributed by atoms with Crippen LogP contribution in [0.3, 0.4) is 0 Å². The molecule has 0 aliphatic carbocycles. The first-order chi connectivity index (χ1) is 5.79. The number of nitrogens with zero attached hydrogens (tertiary/aromatic N) is 1. The number of hydrogen-bond acceptors (Lipinski definition) is 2. The van der Waals surface area contributed by atoms with Crippen LogP contribution >= 0.6 is 0 Å². The molecule has 13 heavy (non-hydrogen) atoms. The SMILES string of the molecule is [Mn].[O-][n+]1cccc2cccc(O)c21. The van der Waals surface area contributed by atoms with E-state index in [2.05, 4.69) is 0 Å². The molecule has 1 aromatic heterocycles. The summed E-state index contributed by atoms with van der Waals surface area (Å²) in [5, 5.41) is 21.2. The number of para-hydroxylation sites is 1. The molecule has 1 N–H and O–H groups in total. The molecule has 1 aromatic carbocycles. The second-order valence-corrected chi connectivity index (χ2v) is 2.55. The van der Waals surface area contributed by atoms with Gasteiger partial charge in [0.25, 0.3) is 5.52 Å². The van der Waals surface area contributed by atoms with Crippen LogP contribution in [0.1, 0.15) is 0 Å². The van der Waals surface area contributed by atoms with Gasteiger partial charge in [0.2, 0.25) is 0 Å². The molecule has 67 valence electrons. The predicted octanol–water partition coefficient (Wildman–Crippen LogP) is 1.18. The van der Waals surface area contributed by atoms with Crippen molar-refractivity contribution in [1.82, 2.24) is 0 Å². The summed E-state index contributed by atoms with van der Waals surface area (Å²) in [4.78, 5) is 0. The maximum absolute atomic E-state index is 11.2. The van der Waals surface area contributed by atoms with E-state index in [1.165, 1.54) is 12.3 Å². The Hall–Kier alpha value is -1.25. The Kier molecular flexibility index (Phi) is 2.76. The Morgan fingerprint density at radius 1 is 1.15 bits per heavy atom. The van der Waals surface area contributed by atoms with Crippen molar-refractivity contribution >= 4 is 10.9 Å². The first-order valence-corrected chi connectivity index (χ1v) is 3.59. The minimum atomic E-state index is 0. The Morgan fingerprint density at radius 3 is 2.54 bits per heavy atom. The molecule has 0 amide bonds. The van der Waals surface area contributed by atoms with Gasteiger partial charge in [0, 0.05) is 23.1 Å². The van der Waals surface area contributed by atoms with Gasteiger partial charge < -0.3 is 10.3 Å². The Balaban J connectivity index is 0.000000845. The fourth-order valence-electron chi connectivity index (χ4n) is 1.22. The number of hydrogen-bond donors (Lipinski definition) is 1. The van der Waals surface area contributed by atoms with Crippen molar-refractivity contribution in [3.63, 3.8) is 0 Å². The molecular weight excluding hydrogens is 209 g/mol. The molecule has 0 fully saturated rings. The Morgan fingerprint density at radius 2 is 1.85 bits per heavy atom. The molecule has 2 aromatic rings. The third kappa shape index (κ3) is 1.59. The summed E-state index contributed by atoms with van der Waals surface area (Å²) in [5.41, 5.74) is 0.319. The Labute approximate surface area is 85.7 Å². The van der Waals surface area contributed by atoms with Gasteiger partial charge in [0.05, 0.1) is 5.39 Å². The monoisotopic (exact) mass is 216 g/mol. The second kappa shape index (κ2) is 3.64. The van der Waals surface area contributed by atoms with Gasteiger partial charge in [-0.25, -0.2) is 0 Å². The Bertz CT molecular complexity index is 394. The number of aromatic hydroxyl groups is 1. The molecule has 3 nitrogen and oxygen atoms in total. The maximum Gasteiger partial charge on any atom is 0.265 e. The summed E-state index contributed by atoms with van der Waals surface area (Å²) < 4.78 is 0.657. The van der Waals surface area contributed by atoms with Gasteiger partial charge >= 0.3 is 0 Å². The van der Waals surface area contributed by atoms with Gasteiger partial charge in [-0.15, -0.1) is 0 Å². The zero-order chi connectivity index (χ0) is 8.55. The zero-order valence-electron chi connectivity index (χ0n) is 6.64. The van der Waals surface area contributed by atoms with Crippen LogP contribution < -0.4 is 4.73 Å². The summed E-state index contributed by atoms with van der Waals surface area (Å²) in [6.45, 7) is 0. The van der Waals surface area contributed by atoms with E-state index in [-0.39, 0.29) is 22.8 Å². The number of rotatable bonds is 0. The average Bonchev–Trinajstić information content (AvgIpc) is 2.04. The van der Waals surface area contributed by atoms with Gasteiger partial charge in [0.15, 0.2) is 11.9 Å². The van der Waals surface area contributed by atoms with Crippen molar-refractivity contribution in [2.24, 2.45) is 0 Å². The summed E-state index contributed by atoms with van der Waals surface area (Å²) in [7, 11) is 0. The van der Waals surface area contributed by atoms with Crippen LogP contribution in [0.2, 0.25) is 0 Å². The van der Waals surface area contributed by atoms with Gasteiger partial charge in [-0.05, 0) is 18.2 Å². The van der Waals surface area contributed by atoms with Crippen molar-refractivity contribution in [2.75, 3.05) is 0 Å². The largest absolute Gasteiger partial charge is 0.618 e. The quantitative estimate of drug-likeness (QED) is 0.408. The molecule has 0 aliphatic heterocycles. The number of benzene rings is 1. The van der Waals surface area contributed by atoms with E-state index in [1.807, 2.05) is 0 Å². The van der Waals surface area contributed by atoms with E-state index in [1.54, 1.807) is 24.3 Å². The fourth-order valence-corrected chi connectivity index (χ4v) is 1.22. The standard InChI is InChI=1S/C9H7NO2.Mn/c11-8-5-1-3-7-4-2-6-10(12)9(7)8;/h1-6,11H;. The minimum absolute atomic E-state index is 0. The van der Waals surface area contributed by atoms with Crippen LogP contribution in [0.25, 0.3) is 10.9 Å². The fraction of sp³-hybridized carbons (Fsp3) is 0. The number of pyridine rings is 1. The number of phenolic OH excluding ortho intramolecular Hbond substituents is 1. The molecular formula is C9H7MnNO2. The normalized spacial score (nSPS) is 9.54. The van der Waals surface area contributed by atoms with Gasteiger partial charge in [0.1, 0.15) is 0 Å². The van der Waals surface area contributed by atoms with Crippen LogP contribution in [-0.4, -0.2) is 5.11 Å². The van der Waals surface area contributed by atoms with E-state index in [0.29, 0.717) is 10.2 Å². The number of phenols is 1. The van der Waals surface area contributed by atoms with E-state index >= 15 is 0 Å². The van der Waals surface area contributed by atoms with E-state index in [9.17, 15) is 10.3 Å². The second-order valence-electron chi connectivity index (χ2n) is 2.55. The molecule has 1 heterocycles. The third-order valence-corrected chi connectivity index (χ3v) is 1.76. The van der Waals surface area contributed by atoms with Gasteiger partial charge in [-0.1, -0.05) is 6.07 Å². The predicted molar refractivity (Wildman–Crippen MR) is 44.6 cm³/mol. The maximum atomic E-state index is 11.2. The number of fused-ring (bicyclic) bond motifs is 1. The van der Waals surface area contributed by atoms with Crippen LogP contribution in [0, 0.1) is 5.21 Å². The van der Waals surface area contributed by atoms with E-state index in [4.69, 9.17) is 0 Å². The van der Waals surface area contributed by atoms with Gasteiger partial charge in [-0.2, -0.15) is 4.73 Å². The van der Waals surface area contributed by atoms with E-state index < -0.39 is 0 Å². The third-order valence-electron chi connectivity index (χ3n) is 1.76. The summed E-state index contributed by atoms with van der Waals surface area (Å²) >= 11 is 0. The minimum Gasteiger partial charge on any atom is -0.618 e. The van der Waals surface area contributed by atoms with Crippen LogP contribution in [0.5, 0.6) is 5.75 Å². The molecule has 0 saturated heterocycles. The first kappa shape index (κ1) is 9.83. The van der Waals surface area contributed by atoms with Crippen LogP contribution in [0.4, 0.5) is 0 Å². The van der Waals surface area contributed by atoms with Crippen molar-refractivity contribution in [3.8, 4) is 5.75 Å². The summed E-state index contributed by atoms with van der Waals surface area (Å²) in [5.74, 6) is 0.0168. The number of aromatic nitrogens is 1. The summed E-state index contributed by atoms with van der Waals surface area (Å²) in [6.07, 6.45) is 1.36. The van der Waals surface area contributed by atoms with Crippen molar-refractivity contribution in [2.45, 2.75) is 0 Å². The average molecular weight is 216 g/mol. The van der Waals surface area contributed by atoms with Crippen LogP contribution in [-0.2, 0) is 17.1 Å². The molecule has 0 bridgehead atoms. The smallest absolute Gasteiger partial charge is 0.265 e. The molecule has 0 atom stereocenters. The molecule has 1 radical (unpaired) electrons. The molecule has 0 unspecified atom stereocenters. The van der Waals surface area contributed by atoms with E-state index in [0.717, 1.165) is 5.39 Å². The zero-order valence-corrected chi connectivity index (χ0v) is 7.83. The molecule has 0 saturated carbocycles. The molecule has 0 spiro atoms. The van der Waals surface area contributed by atoms with Crippen molar-refractivity contribution < 1.29 is 26.9 Å². The topological polar surface area (TPSA) is 47.2 Å². The molecule has 4 heteroatoms. The molecule has 0 aliphatic rings. The van der Waals surface area contributed by atoms with Gasteiger partial charge in [-0.3, -0.25) is 0 Å². The molecule has 2 rings (SSSR count). The van der Waals surface area contributed by atoms with Crippen LogP contribution in [0.15, 0.2) is 36.5 Å². The van der Waals surface area contributed by atoms with Crippen molar-refractivity contribution in [1.29, 1.82) is 0 Å². The first-order valence-electron chi connectivity index (χ1n) is 3.59. The summed E-state index contributed by atoms with van der Waals surface area (Å²) in [6, 6.07) is 8.41.